The highest BCUT2D eigenvalue weighted by atomic mass is 35.5. The van der Waals surface area contributed by atoms with E-state index in [4.69, 9.17) is 22.1 Å². The monoisotopic (exact) mass is 362 g/mol. The summed E-state index contributed by atoms with van der Waals surface area (Å²) in [6.07, 6.45) is 1.57. The minimum Gasteiger partial charge on any atom is -0.504 e. The fourth-order valence-corrected chi connectivity index (χ4v) is 2.89. The van der Waals surface area contributed by atoms with Gasteiger partial charge in [-0.3, -0.25) is 9.88 Å². The number of nitrogens with one attached hydrogen (secondary N) is 1. The zero-order chi connectivity index (χ0) is 17.8. The first-order valence-corrected chi connectivity index (χ1v) is 8.27. The molecule has 0 unspecified atom stereocenters. The van der Waals surface area contributed by atoms with Crippen LogP contribution in [-0.2, 0) is 6.54 Å². The summed E-state index contributed by atoms with van der Waals surface area (Å²) >= 11 is 5.88. The van der Waals surface area contributed by atoms with Gasteiger partial charge in [0.2, 0.25) is 0 Å². The molecule has 0 saturated carbocycles. The van der Waals surface area contributed by atoms with Crippen molar-refractivity contribution in [2.24, 2.45) is 5.73 Å². The van der Waals surface area contributed by atoms with E-state index in [-0.39, 0.29) is 5.75 Å². The van der Waals surface area contributed by atoms with Crippen LogP contribution in [0.25, 0.3) is 11.3 Å². The van der Waals surface area contributed by atoms with Gasteiger partial charge in [-0.1, -0.05) is 11.6 Å². The van der Waals surface area contributed by atoms with E-state index in [1.165, 1.54) is 0 Å². The van der Waals surface area contributed by atoms with Crippen molar-refractivity contribution in [2.45, 2.75) is 6.54 Å². The molecule has 0 radical (unpaired) electrons. The molecule has 0 aliphatic carbocycles. The van der Waals surface area contributed by atoms with Crippen LogP contribution in [0.4, 0.5) is 4.79 Å². The summed E-state index contributed by atoms with van der Waals surface area (Å²) in [5, 5.41) is 13.5. The summed E-state index contributed by atoms with van der Waals surface area (Å²) in [5.74, 6) is 0.574. The van der Waals surface area contributed by atoms with Crippen LogP contribution < -0.4 is 15.8 Å². The number of phenolic OH excluding ortho intramolecular Hbond substituents is 1. The van der Waals surface area contributed by atoms with Crippen molar-refractivity contribution in [3.05, 3.63) is 41.0 Å². The number of carbonyl (C=O) groups excluding carboxylic acids is 1. The third kappa shape index (κ3) is 4.32. The van der Waals surface area contributed by atoms with Crippen LogP contribution >= 0.6 is 11.6 Å². The number of halogens is 1. The molecule has 0 atom stereocenters. The van der Waals surface area contributed by atoms with E-state index in [9.17, 15) is 9.90 Å². The minimum atomic E-state index is -0.541. The van der Waals surface area contributed by atoms with Gasteiger partial charge in [0.15, 0.2) is 11.5 Å². The lowest BCUT2D eigenvalue weighted by atomic mass is 10.0. The van der Waals surface area contributed by atoms with E-state index in [1.807, 2.05) is 6.07 Å². The second-order valence-corrected chi connectivity index (χ2v) is 6.20. The number of pyridine rings is 1. The molecule has 1 aromatic carbocycles. The van der Waals surface area contributed by atoms with Crippen molar-refractivity contribution in [3.63, 3.8) is 0 Å². The Labute approximate surface area is 150 Å². The van der Waals surface area contributed by atoms with E-state index >= 15 is 0 Å². The number of nitrogens with two attached hydrogens (primary N) is 1. The molecule has 0 spiro atoms. The number of phenols is 1. The Balaban J connectivity index is 1.83. The Kier molecular flexibility index (Phi) is 5.25. The van der Waals surface area contributed by atoms with Gasteiger partial charge in [0.1, 0.15) is 6.61 Å². The third-order valence-electron chi connectivity index (χ3n) is 3.94. The topological polar surface area (TPSA) is 101 Å². The molecule has 132 valence electrons. The molecule has 0 bridgehead atoms. The van der Waals surface area contributed by atoms with Gasteiger partial charge in [-0.05, 0) is 24.3 Å². The largest absolute Gasteiger partial charge is 0.504 e. The molecule has 4 N–H and O–H groups in total. The molecule has 2 amide bonds. The second-order valence-electron chi connectivity index (χ2n) is 5.76. The van der Waals surface area contributed by atoms with Crippen molar-refractivity contribution >= 4 is 17.6 Å². The Morgan fingerprint density at radius 2 is 2.28 bits per heavy atom. The quantitative estimate of drug-likeness (QED) is 0.772. The van der Waals surface area contributed by atoms with Crippen LogP contribution in [0.5, 0.6) is 11.5 Å². The number of primary amides is 1. The number of fused-ring (bicyclic) bond motifs is 1. The van der Waals surface area contributed by atoms with Crippen LogP contribution in [0.3, 0.4) is 0 Å². The molecule has 3 rings (SSSR count). The average molecular weight is 363 g/mol. The van der Waals surface area contributed by atoms with Gasteiger partial charge in [-0.2, -0.15) is 0 Å². The number of hydrogen-bond donors (Lipinski definition) is 3. The van der Waals surface area contributed by atoms with E-state index in [2.05, 4.69) is 15.2 Å². The Morgan fingerprint density at radius 1 is 1.44 bits per heavy atom. The van der Waals surface area contributed by atoms with Crippen molar-refractivity contribution in [1.82, 2.24) is 15.2 Å². The zero-order valence-electron chi connectivity index (χ0n) is 13.5. The van der Waals surface area contributed by atoms with E-state index in [1.54, 1.807) is 24.4 Å². The fraction of sp³-hybridized carbons (Fsp3) is 0.294. The summed E-state index contributed by atoms with van der Waals surface area (Å²) in [6, 6.07) is 6.60. The lowest BCUT2D eigenvalue weighted by Gasteiger charge is -2.19. The number of aromatic nitrogens is 1. The highest BCUT2D eigenvalue weighted by molar-refractivity contribution is 6.30. The van der Waals surface area contributed by atoms with Gasteiger partial charge in [0.05, 0.1) is 10.7 Å². The van der Waals surface area contributed by atoms with Gasteiger partial charge in [0, 0.05) is 43.5 Å². The molecular formula is C17H19ClN4O3. The SMILES string of the molecule is NC(=O)NCCN1CCOc2c(O)cc(-c3ccc(Cl)cn3)cc2C1. The molecular weight excluding hydrogens is 344 g/mol. The van der Waals surface area contributed by atoms with Gasteiger partial charge < -0.3 is 20.9 Å². The summed E-state index contributed by atoms with van der Waals surface area (Å²) in [7, 11) is 0. The summed E-state index contributed by atoms with van der Waals surface area (Å²) in [6.45, 7) is 2.81. The number of aromatic hydroxyl groups is 1. The third-order valence-corrected chi connectivity index (χ3v) is 4.17. The van der Waals surface area contributed by atoms with Crippen LogP contribution in [0, 0.1) is 0 Å². The number of carbonyl (C=O) groups is 1. The Hall–Kier alpha value is -2.51. The van der Waals surface area contributed by atoms with Crippen molar-refractivity contribution in [1.29, 1.82) is 0 Å². The predicted octanol–water partition coefficient (Wildman–Crippen LogP) is 1.97. The highest BCUT2D eigenvalue weighted by Crippen LogP contribution is 2.37. The normalized spacial score (nSPS) is 14.3. The molecule has 1 aromatic heterocycles. The lowest BCUT2D eigenvalue weighted by molar-refractivity contribution is 0.220. The molecule has 2 aromatic rings. The summed E-state index contributed by atoms with van der Waals surface area (Å²) < 4.78 is 5.70. The summed E-state index contributed by atoms with van der Waals surface area (Å²) in [4.78, 5) is 17.2. The van der Waals surface area contributed by atoms with Gasteiger partial charge >= 0.3 is 6.03 Å². The number of amides is 2. The van der Waals surface area contributed by atoms with Gasteiger partial charge in [0.25, 0.3) is 0 Å². The van der Waals surface area contributed by atoms with E-state index < -0.39 is 6.03 Å². The molecule has 0 saturated heterocycles. The first-order chi connectivity index (χ1) is 12.0. The number of urea groups is 1. The maximum absolute atomic E-state index is 10.8. The van der Waals surface area contributed by atoms with Gasteiger partial charge in [-0.25, -0.2) is 4.79 Å². The number of hydrogen-bond acceptors (Lipinski definition) is 5. The maximum atomic E-state index is 10.8. The van der Waals surface area contributed by atoms with Crippen molar-refractivity contribution in [2.75, 3.05) is 26.2 Å². The second kappa shape index (κ2) is 7.58. The first-order valence-electron chi connectivity index (χ1n) is 7.89. The Bertz CT molecular complexity index is 767. The van der Waals surface area contributed by atoms with E-state index in [0.717, 1.165) is 11.1 Å². The summed E-state index contributed by atoms with van der Waals surface area (Å²) in [5.41, 5.74) is 7.45. The average Bonchev–Trinajstić information content (AvgIpc) is 2.77. The Morgan fingerprint density at radius 3 is 3.00 bits per heavy atom. The molecule has 1 aliphatic rings. The molecule has 8 heteroatoms. The van der Waals surface area contributed by atoms with Crippen LogP contribution in [0.2, 0.25) is 5.02 Å². The van der Waals surface area contributed by atoms with Crippen LogP contribution in [-0.4, -0.2) is 47.3 Å². The van der Waals surface area contributed by atoms with Crippen LogP contribution in [0.1, 0.15) is 5.56 Å². The van der Waals surface area contributed by atoms with Crippen molar-refractivity contribution < 1.29 is 14.6 Å². The fourth-order valence-electron chi connectivity index (χ4n) is 2.78. The van der Waals surface area contributed by atoms with Crippen LogP contribution in [0.15, 0.2) is 30.5 Å². The highest BCUT2D eigenvalue weighted by Gasteiger charge is 2.20. The molecule has 2 heterocycles. The number of ether oxygens (including phenoxy) is 1. The lowest BCUT2D eigenvalue weighted by Crippen LogP contribution is -2.37. The van der Waals surface area contributed by atoms with Gasteiger partial charge in [-0.15, -0.1) is 0 Å². The number of nitrogens with zero attached hydrogens (tertiary/aromatic N) is 2. The first kappa shape index (κ1) is 17.3. The van der Waals surface area contributed by atoms with E-state index in [0.29, 0.717) is 49.3 Å². The van der Waals surface area contributed by atoms with Crippen molar-refractivity contribution in [3.8, 4) is 22.8 Å². The molecule has 25 heavy (non-hydrogen) atoms. The predicted molar refractivity (Wildman–Crippen MR) is 94.7 cm³/mol. The standard InChI is InChI=1S/C17H19ClN4O3/c18-13-1-2-14(21-9-13)11-7-12-10-22(4-3-20-17(19)24)5-6-25-16(12)15(23)8-11/h1-2,7-9,23H,3-6,10H2,(H3,19,20,24). The number of benzene rings is 1. The molecule has 0 fully saturated rings. The number of rotatable bonds is 4. The molecule has 1 aliphatic heterocycles. The molecule has 7 nitrogen and oxygen atoms in total. The smallest absolute Gasteiger partial charge is 0.312 e. The minimum absolute atomic E-state index is 0.0846. The zero-order valence-corrected chi connectivity index (χ0v) is 14.3. The maximum Gasteiger partial charge on any atom is 0.312 e.